The normalized spacial score (nSPS) is 16.2. The van der Waals surface area contributed by atoms with E-state index in [0.717, 1.165) is 31.4 Å². The van der Waals surface area contributed by atoms with E-state index >= 15 is 0 Å². The van der Waals surface area contributed by atoms with Crippen molar-refractivity contribution in [3.05, 3.63) is 29.3 Å². The van der Waals surface area contributed by atoms with Gasteiger partial charge >= 0.3 is 0 Å². The second kappa shape index (κ2) is 4.14. The van der Waals surface area contributed by atoms with E-state index in [2.05, 4.69) is 39.5 Å². The van der Waals surface area contributed by atoms with Crippen molar-refractivity contribution < 1.29 is 0 Å². The van der Waals surface area contributed by atoms with Gasteiger partial charge in [0.1, 0.15) is 5.82 Å². The Balaban J connectivity index is 1.57. The Kier molecular flexibility index (Phi) is 2.63. The maximum atomic E-state index is 4.41. The van der Waals surface area contributed by atoms with Crippen LogP contribution in [0.2, 0.25) is 0 Å². The largest absolute Gasteiger partial charge is 0.347 e. The summed E-state index contributed by atoms with van der Waals surface area (Å²) in [5.74, 6) is 1.83. The van der Waals surface area contributed by atoms with Crippen LogP contribution >= 0.6 is 11.3 Å². The first kappa shape index (κ1) is 10.8. The van der Waals surface area contributed by atoms with Gasteiger partial charge in [-0.25, -0.2) is 9.97 Å². The van der Waals surface area contributed by atoms with E-state index < -0.39 is 0 Å². The second-order valence-corrected chi connectivity index (χ2v) is 5.86. The van der Waals surface area contributed by atoms with Crippen molar-refractivity contribution in [3.8, 4) is 0 Å². The maximum absolute atomic E-state index is 4.41. The first-order chi connectivity index (χ1) is 8.22. The van der Waals surface area contributed by atoms with Crippen molar-refractivity contribution in [3.63, 3.8) is 0 Å². The molecule has 1 saturated heterocycles. The molecule has 2 aromatic rings. The van der Waals surface area contributed by atoms with Gasteiger partial charge in [0.15, 0.2) is 5.13 Å². The fourth-order valence-electron chi connectivity index (χ4n) is 2.21. The zero-order chi connectivity index (χ0) is 11.8. The lowest BCUT2D eigenvalue weighted by Crippen LogP contribution is -2.48. The molecule has 0 radical (unpaired) electrons. The molecule has 0 saturated carbocycles. The molecule has 0 N–H and O–H groups in total. The predicted octanol–water partition coefficient (Wildman–Crippen LogP) is 2.09. The van der Waals surface area contributed by atoms with Gasteiger partial charge in [-0.3, -0.25) is 0 Å². The second-order valence-electron chi connectivity index (χ2n) is 4.65. The van der Waals surface area contributed by atoms with Crippen molar-refractivity contribution in [1.82, 2.24) is 14.5 Å². The summed E-state index contributed by atoms with van der Waals surface area (Å²) < 4.78 is 2.23. The summed E-state index contributed by atoms with van der Waals surface area (Å²) >= 11 is 1.78. The van der Waals surface area contributed by atoms with E-state index in [0.29, 0.717) is 0 Å². The summed E-state index contributed by atoms with van der Waals surface area (Å²) in [7, 11) is 0. The van der Waals surface area contributed by atoms with Crippen molar-refractivity contribution >= 4 is 16.5 Å². The summed E-state index contributed by atoms with van der Waals surface area (Å²) in [5, 5.41) is 1.17. The van der Waals surface area contributed by atoms with Crippen molar-refractivity contribution in [2.75, 3.05) is 18.0 Å². The number of thiazole rings is 1. The minimum Gasteiger partial charge on any atom is -0.347 e. The van der Waals surface area contributed by atoms with E-state index in [-0.39, 0.29) is 0 Å². The third kappa shape index (κ3) is 2.07. The van der Waals surface area contributed by atoms with Crippen LogP contribution in [0.5, 0.6) is 0 Å². The zero-order valence-corrected chi connectivity index (χ0v) is 10.9. The fraction of sp³-hybridized carbons (Fsp3) is 0.500. The monoisotopic (exact) mass is 248 g/mol. The lowest BCUT2D eigenvalue weighted by atomic mass is 10.0. The number of anilines is 1. The van der Waals surface area contributed by atoms with Gasteiger partial charge in [0.2, 0.25) is 0 Å². The molecule has 3 rings (SSSR count). The molecular weight excluding hydrogens is 232 g/mol. The SMILES string of the molecule is Cc1cnc(N2CC(Cn3ccnc3C)C2)s1. The Morgan fingerprint density at radius 2 is 2.18 bits per heavy atom. The molecule has 5 heteroatoms. The first-order valence-electron chi connectivity index (χ1n) is 5.87. The van der Waals surface area contributed by atoms with Crippen LogP contribution in [-0.4, -0.2) is 27.6 Å². The summed E-state index contributed by atoms with van der Waals surface area (Å²) in [4.78, 5) is 12.3. The number of nitrogens with zero attached hydrogens (tertiary/aromatic N) is 4. The van der Waals surface area contributed by atoms with Crippen LogP contribution in [0.3, 0.4) is 0 Å². The van der Waals surface area contributed by atoms with Crippen LogP contribution in [0.1, 0.15) is 10.7 Å². The number of hydrogen-bond donors (Lipinski definition) is 0. The molecule has 17 heavy (non-hydrogen) atoms. The molecule has 4 nitrogen and oxygen atoms in total. The van der Waals surface area contributed by atoms with E-state index in [1.54, 1.807) is 11.3 Å². The standard InChI is InChI=1S/C12H16N4S/c1-9-5-14-12(17-9)16-7-11(8-16)6-15-4-3-13-10(15)2/h3-5,11H,6-8H2,1-2H3. The van der Waals surface area contributed by atoms with Gasteiger partial charge in [-0.1, -0.05) is 0 Å². The third-order valence-corrected chi connectivity index (χ3v) is 4.19. The molecule has 0 bridgehead atoms. The zero-order valence-electron chi connectivity index (χ0n) is 10.1. The Labute approximate surface area is 105 Å². The molecule has 0 aliphatic carbocycles. The maximum Gasteiger partial charge on any atom is 0.185 e. The van der Waals surface area contributed by atoms with Gasteiger partial charge in [-0.15, -0.1) is 11.3 Å². The molecule has 0 spiro atoms. The molecule has 90 valence electrons. The topological polar surface area (TPSA) is 34.0 Å². The van der Waals surface area contributed by atoms with Crippen LogP contribution in [0.15, 0.2) is 18.6 Å². The number of imidazole rings is 1. The molecule has 3 heterocycles. The third-order valence-electron chi connectivity index (χ3n) is 3.22. The predicted molar refractivity (Wildman–Crippen MR) is 69.5 cm³/mol. The summed E-state index contributed by atoms with van der Waals surface area (Å²) in [5.41, 5.74) is 0. The van der Waals surface area contributed by atoms with Crippen LogP contribution in [0, 0.1) is 19.8 Å². The average molecular weight is 248 g/mol. The molecule has 1 fully saturated rings. The number of hydrogen-bond acceptors (Lipinski definition) is 4. The Morgan fingerprint density at radius 1 is 1.35 bits per heavy atom. The van der Waals surface area contributed by atoms with Crippen LogP contribution in [0.25, 0.3) is 0 Å². The summed E-state index contributed by atoms with van der Waals surface area (Å²) in [6, 6.07) is 0. The number of aryl methyl sites for hydroxylation is 2. The van der Waals surface area contributed by atoms with Crippen LogP contribution < -0.4 is 4.90 Å². The summed E-state index contributed by atoms with van der Waals surface area (Å²) in [6.45, 7) is 7.47. The highest BCUT2D eigenvalue weighted by Gasteiger charge is 2.28. The Morgan fingerprint density at radius 3 is 2.76 bits per heavy atom. The van der Waals surface area contributed by atoms with Gasteiger partial charge in [0, 0.05) is 49.0 Å². The van der Waals surface area contributed by atoms with Crippen LogP contribution in [0.4, 0.5) is 5.13 Å². The van der Waals surface area contributed by atoms with E-state index in [4.69, 9.17) is 0 Å². The minimum atomic E-state index is 0.729. The van der Waals surface area contributed by atoms with Gasteiger partial charge in [-0.2, -0.15) is 0 Å². The van der Waals surface area contributed by atoms with E-state index in [1.807, 2.05) is 12.4 Å². The number of rotatable bonds is 3. The van der Waals surface area contributed by atoms with Gasteiger partial charge in [-0.05, 0) is 13.8 Å². The first-order valence-corrected chi connectivity index (χ1v) is 6.69. The molecule has 1 aliphatic heterocycles. The molecular formula is C12H16N4S. The fourth-order valence-corrected chi connectivity index (χ4v) is 2.98. The molecule has 0 unspecified atom stereocenters. The molecule has 0 aromatic carbocycles. The summed E-state index contributed by atoms with van der Waals surface area (Å²) in [6.07, 6.45) is 5.88. The Bertz CT molecular complexity index is 510. The highest BCUT2D eigenvalue weighted by Crippen LogP contribution is 2.29. The van der Waals surface area contributed by atoms with Gasteiger partial charge in [0.25, 0.3) is 0 Å². The van der Waals surface area contributed by atoms with Crippen molar-refractivity contribution in [2.45, 2.75) is 20.4 Å². The quantitative estimate of drug-likeness (QED) is 0.834. The number of aromatic nitrogens is 3. The molecule has 0 amide bonds. The smallest absolute Gasteiger partial charge is 0.185 e. The molecule has 1 aliphatic rings. The molecule has 0 atom stereocenters. The lowest BCUT2D eigenvalue weighted by Gasteiger charge is -2.39. The van der Waals surface area contributed by atoms with Crippen molar-refractivity contribution in [1.29, 1.82) is 0 Å². The Hall–Kier alpha value is -1.36. The lowest BCUT2D eigenvalue weighted by molar-refractivity contribution is 0.354. The minimum absolute atomic E-state index is 0.729. The van der Waals surface area contributed by atoms with Crippen LogP contribution in [-0.2, 0) is 6.54 Å². The highest BCUT2D eigenvalue weighted by molar-refractivity contribution is 7.15. The van der Waals surface area contributed by atoms with Gasteiger partial charge in [0.05, 0.1) is 0 Å². The highest BCUT2D eigenvalue weighted by atomic mass is 32.1. The van der Waals surface area contributed by atoms with Crippen molar-refractivity contribution in [2.24, 2.45) is 5.92 Å². The van der Waals surface area contributed by atoms with E-state index in [9.17, 15) is 0 Å². The van der Waals surface area contributed by atoms with E-state index in [1.165, 1.54) is 10.0 Å². The molecule has 2 aromatic heterocycles. The average Bonchev–Trinajstić information content (AvgIpc) is 2.81. The van der Waals surface area contributed by atoms with Gasteiger partial charge < -0.3 is 9.47 Å².